The van der Waals surface area contributed by atoms with Gasteiger partial charge >= 0.3 is 0 Å². The maximum absolute atomic E-state index is 11.7. The Bertz CT molecular complexity index is 781. The van der Waals surface area contributed by atoms with Gasteiger partial charge in [0.2, 0.25) is 0 Å². The molecule has 8 atom stereocenters. The predicted molar refractivity (Wildman–Crippen MR) is 155 cm³/mol. The van der Waals surface area contributed by atoms with Crippen molar-refractivity contribution in [3.63, 3.8) is 0 Å². The monoisotopic (exact) mass is 516 g/mol. The fraction of sp³-hybridized carbons (Fsp3) is 1.00. The maximum Gasteiger partial charge on any atom is 0.192 e. The molecule has 0 bridgehead atoms. The summed E-state index contributed by atoms with van der Waals surface area (Å²) >= 11 is 0. The fourth-order valence-electron chi connectivity index (χ4n) is 10.2. The van der Waals surface area contributed by atoms with Crippen LogP contribution in [0.1, 0.15) is 137 Å². The average molecular weight is 517 g/mol. The molecule has 2 nitrogen and oxygen atoms in total. The molecule has 0 aromatic heterocycles. The van der Waals surface area contributed by atoms with Crippen LogP contribution in [0.3, 0.4) is 0 Å². The van der Waals surface area contributed by atoms with Crippen LogP contribution < -0.4 is 0 Å². The molecular weight excluding hydrogens is 456 g/mol. The molecule has 1 unspecified atom stereocenters. The van der Waals surface area contributed by atoms with E-state index in [1.807, 2.05) is 0 Å². The molecule has 0 aliphatic heterocycles. The van der Waals surface area contributed by atoms with Crippen molar-refractivity contribution < 1.29 is 9.53 Å². The van der Waals surface area contributed by atoms with Crippen molar-refractivity contribution in [2.45, 2.75) is 167 Å². The molecule has 0 saturated heterocycles. The van der Waals surface area contributed by atoms with Gasteiger partial charge in [-0.1, -0.05) is 66.7 Å². The Morgan fingerprint density at radius 2 is 1.50 bits per heavy atom. The summed E-state index contributed by atoms with van der Waals surface area (Å²) in [5.74, 6) is 4.27. The van der Waals surface area contributed by atoms with Gasteiger partial charge < -0.3 is 9.53 Å². The van der Waals surface area contributed by atoms with Crippen LogP contribution in [0, 0.1) is 40.4 Å². The van der Waals surface area contributed by atoms with Gasteiger partial charge in [-0.05, 0) is 129 Å². The fourth-order valence-corrected chi connectivity index (χ4v) is 11.6. The lowest BCUT2D eigenvalue weighted by Gasteiger charge is -2.62. The number of fused-ring (bicyclic) bond motifs is 5. The Kier molecular flexibility index (Phi) is 7.42. The van der Waals surface area contributed by atoms with Gasteiger partial charge in [0.1, 0.15) is 0 Å². The number of aliphatic hydroxyl groups is 1. The second-order valence-electron chi connectivity index (χ2n) is 16.6. The molecule has 0 amide bonds. The minimum absolute atomic E-state index is 0.292. The van der Waals surface area contributed by atoms with Crippen molar-refractivity contribution in [2.75, 3.05) is 0 Å². The van der Waals surface area contributed by atoms with E-state index in [-0.39, 0.29) is 5.60 Å². The predicted octanol–water partition coefficient (Wildman–Crippen LogP) is 9.51. The zero-order valence-corrected chi connectivity index (χ0v) is 26.1. The summed E-state index contributed by atoms with van der Waals surface area (Å²) in [6, 6.07) is 0. The lowest BCUT2D eigenvalue weighted by molar-refractivity contribution is -0.156. The van der Waals surface area contributed by atoms with Crippen molar-refractivity contribution in [1.29, 1.82) is 0 Å². The van der Waals surface area contributed by atoms with Crippen LogP contribution in [0.2, 0.25) is 18.1 Å². The second-order valence-corrected chi connectivity index (χ2v) is 21.4. The van der Waals surface area contributed by atoms with Gasteiger partial charge in [-0.15, -0.1) is 0 Å². The van der Waals surface area contributed by atoms with E-state index >= 15 is 0 Å². The van der Waals surface area contributed by atoms with Crippen LogP contribution in [-0.4, -0.2) is 25.1 Å². The molecule has 36 heavy (non-hydrogen) atoms. The largest absolute Gasteiger partial charge is 0.413 e. The van der Waals surface area contributed by atoms with Gasteiger partial charge in [-0.3, -0.25) is 0 Å². The molecule has 1 N–H and O–H groups in total. The van der Waals surface area contributed by atoms with Gasteiger partial charge in [0.25, 0.3) is 0 Å². The Balaban J connectivity index is 1.25. The normalized spacial score (nSPS) is 46.2. The molecule has 5 aliphatic rings. The second kappa shape index (κ2) is 9.65. The summed E-state index contributed by atoms with van der Waals surface area (Å²) in [6.07, 6.45) is 21.6. The quantitative estimate of drug-likeness (QED) is 0.369. The third-order valence-corrected chi connectivity index (χ3v) is 18.2. The number of hydrogen-bond donors (Lipinski definition) is 1. The average Bonchev–Trinajstić information content (AvgIpc) is 3.14. The zero-order chi connectivity index (χ0) is 26.0. The topological polar surface area (TPSA) is 29.5 Å². The first-order chi connectivity index (χ1) is 16.8. The highest BCUT2D eigenvalue weighted by Crippen LogP contribution is 2.67. The van der Waals surface area contributed by atoms with Gasteiger partial charge in [0.05, 0.1) is 11.7 Å². The van der Waals surface area contributed by atoms with Crippen molar-refractivity contribution in [3.05, 3.63) is 0 Å². The molecule has 5 rings (SSSR count). The molecular formula is C33H60O2Si. The van der Waals surface area contributed by atoms with E-state index in [1.165, 1.54) is 83.5 Å². The number of hydrogen-bond acceptors (Lipinski definition) is 2. The molecule has 3 heteroatoms. The lowest BCUT2D eigenvalue weighted by atomic mass is 9.44. The first-order valence-electron chi connectivity index (χ1n) is 16.2. The van der Waals surface area contributed by atoms with Crippen LogP contribution in [0.4, 0.5) is 0 Å². The van der Waals surface area contributed by atoms with E-state index in [1.54, 1.807) is 0 Å². The summed E-state index contributed by atoms with van der Waals surface area (Å²) in [6.45, 7) is 17.4. The number of rotatable bonds is 5. The Hall–Kier alpha value is 0.137. The molecule has 5 saturated carbocycles. The Morgan fingerprint density at radius 3 is 2.19 bits per heavy atom. The van der Waals surface area contributed by atoms with E-state index in [0.29, 0.717) is 22.0 Å². The minimum Gasteiger partial charge on any atom is -0.413 e. The van der Waals surface area contributed by atoms with E-state index in [9.17, 15) is 5.11 Å². The van der Waals surface area contributed by atoms with Crippen LogP contribution in [0.5, 0.6) is 0 Å². The molecule has 0 aromatic rings. The summed E-state index contributed by atoms with van der Waals surface area (Å²) in [5, 5.41) is 12.0. The molecule has 0 heterocycles. The highest BCUT2D eigenvalue weighted by molar-refractivity contribution is 6.74. The minimum atomic E-state index is -1.74. The highest BCUT2D eigenvalue weighted by atomic mass is 28.4. The van der Waals surface area contributed by atoms with Crippen LogP contribution >= 0.6 is 0 Å². The molecule has 208 valence electrons. The summed E-state index contributed by atoms with van der Waals surface area (Å²) in [7, 11) is -1.74. The molecule has 0 spiro atoms. The molecule has 5 fully saturated rings. The van der Waals surface area contributed by atoms with Crippen molar-refractivity contribution in [1.82, 2.24) is 0 Å². The van der Waals surface area contributed by atoms with Crippen LogP contribution in [0.15, 0.2) is 0 Å². The summed E-state index contributed by atoms with van der Waals surface area (Å²) in [5.41, 5.74) is 0.474. The van der Waals surface area contributed by atoms with Crippen LogP contribution in [0.25, 0.3) is 0 Å². The third-order valence-electron chi connectivity index (χ3n) is 13.7. The molecule has 0 radical (unpaired) electrons. The maximum atomic E-state index is 11.7. The van der Waals surface area contributed by atoms with Gasteiger partial charge in [-0.25, -0.2) is 0 Å². The third kappa shape index (κ3) is 4.83. The molecule has 0 aromatic carbocycles. The summed E-state index contributed by atoms with van der Waals surface area (Å²) in [4.78, 5) is 0. The van der Waals surface area contributed by atoms with Crippen LogP contribution in [-0.2, 0) is 4.43 Å². The van der Waals surface area contributed by atoms with Gasteiger partial charge in [0.15, 0.2) is 8.32 Å². The van der Waals surface area contributed by atoms with Gasteiger partial charge in [0, 0.05) is 0 Å². The van der Waals surface area contributed by atoms with Crippen molar-refractivity contribution >= 4 is 8.32 Å². The van der Waals surface area contributed by atoms with Crippen molar-refractivity contribution in [2.24, 2.45) is 40.4 Å². The molecule has 5 aliphatic carbocycles. The Morgan fingerprint density at radius 1 is 0.806 bits per heavy atom. The van der Waals surface area contributed by atoms with E-state index in [0.717, 1.165) is 48.9 Å². The van der Waals surface area contributed by atoms with Crippen molar-refractivity contribution in [3.8, 4) is 0 Å². The van der Waals surface area contributed by atoms with E-state index in [4.69, 9.17) is 4.43 Å². The standard InChI is InChI=1S/C33H60O2Si/c1-30(2,3)36(6,7)35-29-16-15-27-26-14-13-25-23-33(34,20-17-24-11-9-8-10-12-24)22-21-31(25,4)28(26)18-19-32(27,29)5/h24-29,34H,8-23H2,1-7H3/t25?,26-,27-,28-,29-,31-,32-,33+/m0/s1. The smallest absolute Gasteiger partial charge is 0.192 e. The zero-order valence-electron chi connectivity index (χ0n) is 25.1. The summed E-state index contributed by atoms with van der Waals surface area (Å²) < 4.78 is 7.16. The first kappa shape index (κ1) is 27.7. The lowest BCUT2D eigenvalue weighted by Crippen LogP contribution is -2.57. The first-order valence-corrected chi connectivity index (χ1v) is 19.1. The van der Waals surface area contributed by atoms with Gasteiger partial charge in [-0.2, -0.15) is 0 Å². The SMILES string of the molecule is CC(C)(C)[Si](C)(C)O[C@H]1CC[C@H]2[C@@H]3CCC4C[C@@](O)(CCC5CCCCC5)CC[C@]4(C)[C@H]3CC[C@]12C. The van der Waals surface area contributed by atoms with E-state index in [2.05, 4.69) is 47.7 Å². The highest BCUT2D eigenvalue weighted by Gasteiger charge is 2.62. The van der Waals surface area contributed by atoms with E-state index < -0.39 is 8.32 Å². The Labute approximate surface area is 225 Å².